The van der Waals surface area contributed by atoms with E-state index in [1.807, 2.05) is 12.1 Å². The van der Waals surface area contributed by atoms with Crippen molar-refractivity contribution >= 4 is 11.4 Å². The molecule has 1 aliphatic carbocycles. The Hall–Kier alpha value is -1.96. The summed E-state index contributed by atoms with van der Waals surface area (Å²) < 4.78 is 0. The largest absolute Gasteiger partial charge is 0.399 e. The maximum atomic E-state index is 6.13. The zero-order valence-electron chi connectivity index (χ0n) is 10.4. The number of nitrogen functional groups attached to an aromatic ring is 2. The number of aryl methyl sites for hydroxylation is 1. The molecule has 0 aliphatic heterocycles. The second-order valence-corrected chi connectivity index (χ2v) is 5.03. The Bertz CT molecular complexity index is 575. The van der Waals surface area contributed by atoms with Crippen LogP contribution in [0.3, 0.4) is 0 Å². The fourth-order valence-electron chi connectivity index (χ4n) is 2.99. The van der Waals surface area contributed by atoms with Crippen LogP contribution in [0.2, 0.25) is 0 Å². The van der Waals surface area contributed by atoms with Gasteiger partial charge in [0.2, 0.25) is 0 Å². The lowest BCUT2D eigenvalue weighted by Gasteiger charge is -2.27. The van der Waals surface area contributed by atoms with Crippen LogP contribution in [0.5, 0.6) is 0 Å². The van der Waals surface area contributed by atoms with Gasteiger partial charge in [-0.3, -0.25) is 0 Å². The second-order valence-electron chi connectivity index (χ2n) is 5.03. The summed E-state index contributed by atoms with van der Waals surface area (Å²) in [7, 11) is 0. The molecule has 1 atom stereocenters. The summed E-state index contributed by atoms with van der Waals surface area (Å²) in [5.74, 6) is 0.426. The minimum Gasteiger partial charge on any atom is -0.399 e. The van der Waals surface area contributed by atoms with Gasteiger partial charge in [-0.05, 0) is 48.1 Å². The van der Waals surface area contributed by atoms with Crippen molar-refractivity contribution in [3.05, 3.63) is 59.2 Å². The van der Waals surface area contributed by atoms with Gasteiger partial charge in [-0.1, -0.05) is 30.3 Å². The molecule has 0 aromatic heterocycles. The Labute approximate surface area is 108 Å². The van der Waals surface area contributed by atoms with Crippen molar-refractivity contribution in [3.8, 4) is 0 Å². The average molecular weight is 238 g/mol. The number of nitrogens with two attached hydrogens (primary N) is 2. The van der Waals surface area contributed by atoms with Crippen molar-refractivity contribution in [2.75, 3.05) is 11.5 Å². The van der Waals surface area contributed by atoms with Gasteiger partial charge in [0.15, 0.2) is 0 Å². The minimum absolute atomic E-state index is 0.426. The van der Waals surface area contributed by atoms with E-state index in [0.717, 1.165) is 11.4 Å². The van der Waals surface area contributed by atoms with E-state index in [2.05, 4.69) is 30.3 Å². The highest BCUT2D eigenvalue weighted by Crippen LogP contribution is 2.39. The average Bonchev–Trinajstić information content (AvgIpc) is 2.38. The van der Waals surface area contributed by atoms with Crippen LogP contribution in [0, 0.1) is 0 Å². The lowest BCUT2D eigenvalue weighted by molar-refractivity contribution is 0.617. The van der Waals surface area contributed by atoms with Gasteiger partial charge >= 0.3 is 0 Å². The molecule has 0 radical (unpaired) electrons. The van der Waals surface area contributed by atoms with Crippen molar-refractivity contribution in [2.24, 2.45) is 0 Å². The van der Waals surface area contributed by atoms with E-state index < -0.39 is 0 Å². The van der Waals surface area contributed by atoms with Crippen LogP contribution >= 0.6 is 0 Å². The standard InChI is InChI=1S/C16H18N2/c17-12-8-9-15(16(18)10-12)14-7-3-5-11-4-1-2-6-13(11)14/h1-2,4,6,8-10,14H,3,5,7,17-18H2. The smallest absolute Gasteiger partial charge is 0.0373 e. The number of hydrogen-bond donors (Lipinski definition) is 2. The highest BCUT2D eigenvalue weighted by Gasteiger charge is 2.22. The summed E-state index contributed by atoms with van der Waals surface area (Å²) in [4.78, 5) is 0. The summed E-state index contributed by atoms with van der Waals surface area (Å²) in [6, 6.07) is 14.6. The SMILES string of the molecule is Nc1ccc(C2CCCc3ccccc32)c(N)c1. The van der Waals surface area contributed by atoms with Gasteiger partial charge in [-0.15, -0.1) is 0 Å². The lowest BCUT2D eigenvalue weighted by atomic mass is 9.78. The first-order chi connectivity index (χ1) is 8.75. The predicted octanol–water partition coefficient (Wildman–Crippen LogP) is 3.32. The number of benzene rings is 2. The van der Waals surface area contributed by atoms with Crippen molar-refractivity contribution in [3.63, 3.8) is 0 Å². The van der Waals surface area contributed by atoms with Gasteiger partial charge in [-0.25, -0.2) is 0 Å². The van der Waals surface area contributed by atoms with Gasteiger partial charge in [0, 0.05) is 17.3 Å². The van der Waals surface area contributed by atoms with Crippen molar-refractivity contribution in [1.29, 1.82) is 0 Å². The van der Waals surface area contributed by atoms with E-state index in [9.17, 15) is 0 Å². The third-order valence-electron chi connectivity index (χ3n) is 3.86. The summed E-state index contributed by atoms with van der Waals surface area (Å²) in [5.41, 5.74) is 17.6. The topological polar surface area (TPSA) is 52.0 Å². The Kier molecular flexibility index (Phi) is 2.71. The van der Waals surface area contributed by atoms with Crippen molar-refractivity contribution in [2.45, 2.75) is 25.2 Å². The van der Waals surface area contributed by atoms with Gasteiger partial charge in [0.1, 0.15) is 0 Å². The summed E-state index contributed by atoms with van der Waals surface area (Å²) in [6.45, 7) is 0. The number of rotatable bonds is 1. The van der Waals surface area contributed by atoms with Crippen LogP contribution in [0.15, 0.2) is 42.5 Å². The van der Waals surface area contributed by atoms with Crippen LogP contribution in [0.25, 0.3) is 0 Å². The molecule has 2 nitrogen and oxygen atoms in total. The van der Waals surface area contributed by atoms with Crippen LogP contribution < -0.4 is 11.5 Å². The normalized spacial score (nSPS) is 18.3. The Morgan fingerprint density at radius 2 is 1.78 bits per heavy atom. The Morgan fingerprint density at radius 1 is 0.944 bits per heavy atom. The molecular formula is C16H18N2. The third-order valence-corrected chi connectivity index (χ3v) is 3.86. The van der Waals surface area contributed by atoms with E-state index in [0.29, 0.717) is 5.92 Å². The van der Waals surface area contributed by atoms with Crippen molar-refractivity contribution in [1.82, 2.24) is 0 Å². The molecule has 2 aromatic rings. The monoisotopic (exact) mass is 238 g/mol. The van der Waals surface area contributed by atoms with E-state index in [-0.39, 0.29) is 0 Å². The molecule has 0 spiro atoms. The molecular weight excluding hydrogens is 220 g/mol. The quantitative estimate of drug-likeness (QED) is 0.749. The molecule has 0 saturated carbocycles. The highest BCUT2D eigenvalue weighted by atomic mass is 14.6. The predicted molar refractivity (Wildman–Crippen MR) is 76.5 cm³/mol. The van der Waals surface area contributed by atoms with Gasteiger partial charge in [0.25, 0.3) is 0 Å². The van der Waals surface area contributed by atoms with E-state index in [1.54, 1.807) is 0 Å². The summed E-state index contributed by atoms with van der Waals surface area (Å²) in [6.07, 6.45) is 3.58. The molecule has 92 valence electrons. The third kappa shape index (κ3) is 1.84. The molecule has 4 N–H and O–H groups in total. The summed E-state index contributed by atoms with van der Waals surface area (Å²) in [5, 5.41) is 0. The molecule has 1 aliphatic rings. The zero-order valence-corrected chi connectivity index (χ0v) is 10.4. The Morgan fingerprint density at radius 3 is 2.61 bits per heavy atom. The maximum Gasteiger partial charge on any atom is 0.0373 e. The molecule has 3 rings (SSSR count). The van der Waals surface area contributed by atoms with Crippen LogP contribution in [0.1, 0.15) is 35.4 Å². The van der Waals surface area contributed by atoms with E-state index >= 15 is 0 Å². The van der Waals surface area contributed by atoms with Gasteiger partial charge in [0.05, 0.1) is 0 Å². The molecule has 2 heteroatoms. The molecule has 0 heterocycles. The maximum absolute atomic E-state index is 6.13. The first-order valence-electron chi connectivity index (χ1n) is 6.48. The molecule has 0 fully saturated rings. The number of hydrogen-bond acceptors (Lipinski definition) is 2. The van der Waals surface area contributed by atoms with E-state index in [1.165, 1.54) is 36.0 Å². The van der Waals surface area contributed by atoms with Crippen LogP contribution in [0.4, 0.5) is 11.4 Å². The first-order valence-corrected chi connectivity index (χ1v) is 6.48. The van der Waals surface area contributed by atoms with Crippen LogP contribution in [-0.4, -0.2) is 0 Å². The number of fused-ring (bicyclic) bond motifs is 1. The zero-order chi connectivity index (χ0) is 12.5. The molecule has 18 heavy (non-hydrogen) atoms. The molecule has 1 unspecified atom stereocenters. The summed E-state index contributed by atoms with van der Waals surface area (Å²) >= 11 is 0. The van der Waals surface area contributed by atoms with Crippen molar-refractivity contribution < 1.29 is 0 Å². The van der Waals surface area contributed by atoms with Gasteiger partial charge < -0.3 is 11.5 Å². The Balaban J connectivity index is 2.08. The fourth-order valence-corrected chi connectivity index (χ4v) is 2.99. The second kappa shape index (κ2) is 4.37. The lowest BCUT2D eigenvalue weighted by Crippen LogP contribution is -2.12. The van der Waals surface area contributed by atoms with E-state index in [4.69, 9.17) is 11.5 Å². The molecule has 0 bridgehead atoms. The van der Waals surface area contributed by atoms with Gasteiger partial charge in [-0.2, -0.15) is 0 Å². The molecule has 0 saturated heterocycles. The van der Waals surface area contributed by atoms with Crippen LogP contribution in [-0.2, 0) is 6.42 Å². The number of anilines is 2. The highest BCUT2D eigenvalue weighted by molar-refractivity contribution is 5.60. The molecule has 0 amide bonds. The fraction of sp³-hybridized carbons (Fsp3) is 0.250. The first kappa shape index (κ1) is 11.1. The minimum atomic E-state index is 0.426. The molecule has 2 aromatic carbocycles.